The molecule has 0 aliphatic heterocycles. The minimum atomic E-state index is 0.411. The number of ether oxygens (including phenoxy) is 1. The predicted molar refractivity (Wildman–Crippen MR) is 77.8 cm³/mol. The fraction of sp³-hybridized carbons (Fsp3) is 0.688. The summed E-state index contributed by atoms with van der Waals surface area (Å²) in [5.41, 5.74) is 2.12. The summed E-state index contributed by atoms with van der Waals surface area (Å²) >= 11 is 0. The van der Waals surface area contributed by atoms with E-state index >= 15 is 0 Å². The zero-order valence-electron chi connectivity index (χ0n) is 12.4. The second-order valence-electron chi connectivity index (χ2n) is 6.00. The molecule has 0 radical (unpaired) electrons. The normalized spacial score (nSPS) is 27.4. The van der Waals surface area contributed by atoms with Gasteiger partial charge in [0, 0.05) is 6.54 Å². The van der Waals surface area contributed by atoms with Crippen LogP contribution in [0.3, 0.4) is 0 Å². The number of rotatable bonds is 5. The summed E-state index contributed by atoms with van der Waals surface area (Å²) in [6.07, 6.45) is 4.14. The zero-order chi connectivity index (χ0) is 13.7. The fourth-order valence-corrected chi connectivity index (χ4v) is 3.10. The maximum absolute atomic E-state index is 6.06. The number of hydrogen-bond donors (Lipinski definition) is 1. The molecule has 1 aromatic rings. The van der Waals surface area contributed by atoms with E-state index in [0.717, 1.165) is 29.8 Å². The Bertz CT molecular complexity index is 384. The summed E-state index contributed by atoms with van der Waals surface area (Å²) in [6, 6.07) is 6.16. The number of aromatic nitrogens is 1. The van der Waals surface area contributed by atoms with Crippen LogP contribution in [0.2, 0.25) is 0 Å². The molecule has 2 unspecified atom stereocenters. The van der Waals surface area contributed by atoms with Gasteiger partial charge >= 0.3 is 0 Å². The van der Waals surface area contributed by atoms with Crippen molar-refractivity contribution in [2.45, 2.75) is 52.4 Å². The molecular formula is C16H26N2O. The lowest BCUT2D eigenvalue weighted by molar-refractivity contribution is -0.0105. The summed E-state index contributed by atoms with van der Waals surface area (Å²) in [4.78, 5) is 4.60. The fourth-order valence-electron chi connectivity index (χ4n) is 3.10. The second-order valence-corrected chi connectivity index (χ2v) is 6.00. The van der Waals surface area contributed by atoms with Crippen molar-refractivity contribution in [3.63, 3.8) is 0 Å². The van der Waals surface area contributed by atoms with E-state index in [9.17, 15) is 0 Å². The molecule has 2 atom stereocenters. The van der Waals surface area contributed by atoms with E-state index < -0.39 is 0 Å². The van der Waals surface area contributed by atoms with Crippen molar-refractivity contribution in [3.8, 4) is 0 Å². The second kappa shape index (κ2) is 7.01. The van der Waals surface area contributed by atoms with Crippen LogP contribution >= 0.6 is 0 Å². The van der Waals surface area contributed by atoms with E-state index in [2.05, 4.69) is 36.3 Å². The van der Waals surface area contributed by atoms with Crippen LogP contribution in [0.1, 0.15) is 44.5 Å². The van der Waals surface area contributed by atoms with Gasteiger partial charge < -0.3 is 10.1 Å². The molecule has 1 aromatic heterocycles. The Balaban J connectivity index is 1.86. The maximum Gasteiger partial charge on any atom is 0.0891 e. The Morgan fingerprint density at radius 3 is 2.53 bits per heavy atom. The van der Waals surface area contributed by atoms with Gasteiger partial charge in [-0.05, 0) is 50.3 Å². The van der Waals surface area contributed by atoms with Crippen molar-refractivity contribution in [1.29, 1.82) is 0 Å². The molecule has 3 nitrogen and oxygen atoms in total. The Kier molecular flexibility index (Phi) is 5.34. The van der Waals surface area contributed by atoms with Crippen molar-refractivity contribution in [2.24, 2.45) is 11.8 Å². The largest absolute Gasteiger partial charge is 0.372 e. The Morgan fingerprint density at radius 1 is 1.16 bits per heavy atom. The average Bonchev–Trinajstić information content (AvgIpc) is 2.36. The number of nitrogens with zero attached hydrogens (tertiary/aromatic N) is 1. The molecule has 0 aromatic carbocycles. The van der Waals surface area contributed by atoms with Crippen LogP contribution in [0.15, 0.2) is 18.2 Å². The highest BCUT2D eigenvalue weighted by molar-refractivity contribution is 5.10. The molecule has 1 aliphatic carbocycles. The predicted octanol–water partition coefficient (Wildman–Crippen LogP) is 3.14. The van der Waals surface area contributed by atoms with Crippen LogP contribution < -0.4 is 5.32 Å². The molecule has 106 valence electrons. The molecule has 1 heterocycles. The Morgan fingerprint density at radius 2 is 1.84 bits per heavy atom. The van der Waals surface area contributed by atoms with Crippen molar-refractivity contribution in [1.82, 2.24) is 10.3 Å². The monoisotopic (exact) mass is 262 g/mol. The van der Waals surface area contributed by atoms with Crippen molar-refractivity contribution >= 4 is 0 Å². The van der Waals surface area contributed by atoms with Crippen LogP contribution in [0, 0.1) is 11.8 Å². The van der Waals surface area contributed by atoms with Gasteiger partial charge in [-0.25, -0.2) is 0 Å². The van der Waals surface area contributed by atoms with Gasteiger partial charge in [-0.15, -0.1) is 0 Å². The first kappa shape index (κ1) is 14.5. The first-order chi connectivity index (χ1) is 9.17. The minimum absolute atomic E-state index is 0.411. The molecule has 1 saturated carbocycles. The summed E-state index contributed by atoms with van der Waals surface area (Å²) in [5, 5.41) is 3.12. The zero-order valence-corrected chi connectivity index (χ0v) is 12.4. The smallest absolute Gasteiger partial charge is 0.0891 e. The SMILES string of the molecule is CNCc1cccc(COC2CC(C)CC(C)C2)n1. The van der Waals surface area contributed by atoms with Crippen LogP contribution in [-0.4, -0.2) is 18.1 Å². The summed E-state index contributed by atoms with van der Waals surface area (Å²) in [6.45, 7) is 6.11. The quantitative estimate of drug-likeness (QED) is 0.885. The highest BCUT2D eigenvalue weighted by Gasteiger charge is 2.24. The third-order valence-corrected chi connectivity index (χ3v) is 3.82. The van der Waals surface area contributed by atoms with Gasteiger partial charge in [-0.2, -0.15) is 0 Å². The van der Waals surface area contributed by atoms with E-state index in [1.807, 2.05) is 13.1 Å². The van der Waals surface area contributed by atoms with E-state index in [0.29, 0.717) is 12.7 Å². The van der Waals surface area contributed by atoms with Crippen molar-refractivity contribution in [2.75, 3.05) is 7.05 Å². The molecule has 0 saturated heterocycles. The molecular weight excluding hydrogens is 236 g/mol. The highest BCUT2D eigenvalue weighted by Crippen LogP contribution is 2.30. The summed E-state index contributed by atoms with van der Waals surface area (Å²) in [5.74, 6) is 1.58. The van der Waals surface area contributed by atoms with Crippen LogP contribution in [0.25, 0.3) is 0 Å². The molecule has 0 bridgehead atoms. The molecule has 3 heteroatoms. The van der Waals surface area contributed by atoms with Crippen molar-refractivity contribution in [3.05, 3.63) is 29.6 Å². The molecule has 1 fully saturated rings. The minimum Gasteiger partial charge on any atom is -0.372 e. The van der Waals surface area contributed by atoms with Gasteiger partial charge in [-0.1, -0.05) is 19.9 Å². The van der Waals surface area contributed by atoms with Crippen LogP contribution in [0.4, 0.5) is 0 Å². The maximum atomic E-state index is 6.06. The highest BCUT2D eigenvalue weighted by atomic mass is 16.5. The third-order valence-electron chi connectivity index (χ3n) is 3.82. The Hall–Kier alpha value is -0.930. The Labute approximate surface area is 116 Å². The molecule has 19 heavy (non-hydrogen) atoms. The van der Waals surface area contributed by atoms with Gasteiger partial charge in [0.1, 0.15) is 0 Å². The average molecular weight is 262 g/mol. The van der Waals surface area contributed by atoms with Gasteiger partial charge in [0.05, 0.1) is 24.1 Å². The van der Waals surface area contributed by atoms with E-state index in [1.165, 1.54) is 19.3 Å². The molecule has 1 N–H and O–H groups in total. The van der Waals surface area contributed by atoms with Crippen LogP contribution in [-0.2, 0) is 17.9 Å². The summed E-state index contributed by atoms with van der Waals surface area (Å²) < 4.78 is 6.06. The number of nitrogens with one attached hydrogen (secondary N) is 1. The van der Waals surface area contributed by atoms with E-state index in [4.69, 9.17) is 4.74 Å². The van der Waals surface area contributed by atoms with Gasteiger partial charge in [-0.3, -0.25) is 4.98 Å². The van der Waals surface area contributed by atoms with Crippen molar-refractivity contribution < 1.29 is 4.74 Å². The van der Waals surface area contributed by atoms with Gasteiger partial charge in [0.15, 0.2) is 0 Å². The molecule has 0 amide bonds. The molecule has 0 spiro atoms. The summed E-state index contributed by atoms with van der Waals surface area (Å²) in [7, 11) is 1.94. The lowest BCUT2D eigenvalue weighted by Crippen LogP contribution is -2.26. The topological polar surface area (TPSA) is 34.1 Å². The lowest BCUT2D eigenvalue weighted by atomic mass is 9.82. The van der Waals surface area contributed by atoms with Gasteiger partial charge in [0.25, 0.3) is 0 Å². The van der Waals surface area contributed by atoms with E-state index in [1.54, 1.807) is 0 Å². The number of hydrogen-bond acceptors (Lipinski definition) is 3. The molecule has 2 rings (SSSR count). The standard InChI is InChI=1S/C16H26N2O/c1-12-7-13(2)9-16(8-12)19-11-15-6-4-5-14(18-15)10-17-3/h4-6,12-13,16-17H,7-11H2,1-3H3. The van der Waals surface area contributed by atoms with E-state index in [-0.39, 0.29) is 0 Å². The third kappa shape index (κ3) is 4.59. The van der Waals surface area contributed by atoms with Gasteiger partial charge in [0.2, 0.25) is 0 Å². The molecule has 1 aliphatic rings. The lowest BCUT2D eigenvalue weighted by Gasteiger charge is -2.31. The number of pyridine rings is 1. The first-order valence-corrected chi connectivity index (χ1v) is 7.38. The first-order valence-electron chi connectivity index (χ1n) is 7.38. The van der Waals surface area contributed by atoms with Crippen LogP contribution in [0.5, 0.6) is 0 Å².